The van der Waals surface area contributed by atoms with Gasteiger partial charge < -0.3 is 10.6 Å². The van der Waals surface area contributed by atoms with Crippen LogP contribution in [0.5, 0.6) is 0 Å². The molecule has 0 saturated carbocycles. The average molecular weight is 332 g/mol. The highest BCUT2D eigenvalue weighted by molar-refractivity contribution is 7.80. The van der Waals surface area contributed by atoms with Crippen LogP contribution in [-0.2, 0) is 0 Å². The molecule has 0 unspecified atom stereocenters. The van der Waals surface area contributed by atoms with Crippen LogP contribution in [0.4, 0.5) is 22.7 Å². The highest BCUT2D eigenvalue weighted by Crippen LogP contribution is 2.25. The first kappa shape index (κ1) is 16.3. The monoisotopic (exact) mass is 332 g/mol. The van der Waals surface area contributed by atoms with Crippen molar-refractivity contribution in [1.82, 2.24) is 0 Å². The molecule has 0 fully saturated rings. The number of anilines is 2. The summed E-state index contributed by atoms with van der Waals surface area (Å²) in [6.07, 6.45) is 0. The minimum absolute atomic E-state index is 0.0842. The van der Waals surface area contributed by atoms with Gasteiger partial charge in [0.2, 0.25) is 0 Å². The summed E-state index contributed by atoms with van der Waals surface area (Å²) in [5, 5.41) is 27.4. The van der Waals surface area contributed by atoms with Gasteiger partial charge in [-0.1, -0.05) is 12.1 Å². The van der Waals surface area contributed by atoms with Crippen molar-refractivity contribution in [3.63, 3.8) is 0 Å². The number of aryl methyl sites for hydroxylation is 1. The quantitative estimate of drug-likeness (QED) is 0.500. The van der Waals surface area contributed by atoms with Crippen LogP contribution >= 0.6 is 12.2 Å². The smallest absolute Gasteiger partial charge is 0.292 e. The molecule has 2 aromatic rings. The normalized spacial score (nSPS) is 9.96. The maximum atomic E-state index is 11.1. The van der Waals surface area contributed by atoms with Crippen LogP contribution in [0, 0.1) is 27.2 Å². The molecule has 0 aliphatic carbocycles. The second kappa shape index (κ2) is 6.79. The number of hydrogen-bond acceptors (Lipinski definition) is 5. The van der Waals surface area contributed by atoms with Gasteiger partial charge >= 0.3 is 0 Å². The Hall–Kier alpha value is -3.07. The van der Waals surface area contributed by atoms with Crippen LogP contribution in [0.25, 0.3) is 0 Å². The molecule has 9 heteroatoms. The zero-order chi connectivity index (χ0) is 17.0. The van der Waals surface area contributed by atoms with E-state index < -0.39 is 9.85 Å². The fourth-order valence-electron chi connectivity index (χ4n) is 1.88. The van der Waals surface area contributed by atoms with E-state index >= 15 is 0 Å². The molecule has 0 radical (unpaired) electrons. The van der Waals surface area contributed by atoms with Crippen molar-refractivity contribution in [1.29, 1.82) is 0 Å². The third-order valence-corrected chi connectivity index (χ3v) is 3.12. The van der Waals surface area contributed by atoms with Gasteiger partial charge in [0.15, 0.2) is 5.11 Å². The maximum absolute atomic E-state index is 11.1. The van der Waals surface area contributed by atoms with E-state index in [4.69, 9.17) is 12.2 Å². The van der Waals surface area contributed by atoms with Crippen LogP contribution in [0.3, 0.4) is 0 Å². The van der Waals surface area contributed by atoms with Gasteiger partial charge in [0.1, 0.15) is 5.69 Å². The van der Waals surface area contributed by atoms with E-state index in [-0.39, 0.29) is 22.2 Å². The van der Waals surface area contributed by atoms with Gasteiger partial charge in [-0.25, -0.2) is 0 Å². The van der Waals surface area contributed by atoms with Gasteiger partial charge in [-0.05, 0) is 36.8 Å². The number of nitro benzene ring substituents is 2. The van der Waals surface area contributed by atoms with E-state index in [1.807, 2.05) is 0 Å². The first-order valence-electron chi connectivity index (χ1n) is 6.44. The molecule has 0 bridgehead atoms. The molecule has 0 aromatic heterocycles. The summed E-state index contributed by atoms with van der Waals surface area (Å²) in [5.41, 5.74) is 1.21. The molecular formula is C14H12N4O4S. The summed E-state index contributed by atoms with van der Waals surface area (Å²) in [5.74, 6) is 0. The zero-order valence-electron chi connectivity index (χ0n) is 12.0. The average Bonchev–Trinajstić information content (AvgIpc) is 2.49. The first-order valence-corrected chi connectivity index (χ1v) is 6.85. The molecule has 2 aromatic carbocycles. The number of rotatable bonds is 4. The van der Waals surface area contributed by atoms with Crippen LogP contribution in [0.15, 0.2) is 42.5 Å². The van der Waals surface area contributed by atoms with E-state index in [0.717, 1.165) is 5.56 Å². The molecular weight excluding hydrogens is 320 g/mol. The third kappa shape index (κ3) is 4.20. The summed E-state index contributed by atoms with van der Waals surface area (Å²) in [6.45, 7) is 1.75. The number of nitro groups is 2. The van der Waals surface area contributed by atoms with Crippen molar-refractivity contribution >= 4 is 40.1 Å². The van der Waals surface area contributed by atoms with Crippen LogP contribution in [0.2, 0.25) is 0 Å². The molecule has 8 nitrogen and oxygen atoms in total. The third-order valence-electron chi connectivity index (χ3n) is 2.91. The van der Waals surface area contributed by atoms with Crippen molar-refractivity contribution < 1.29 is 9.85 Å². The predicted octanol–water partition coefficient (Wildman–Crippen LogP) is 3.62. The largest absolute Gasteiger partial charge is 0.332 e. The summed E-state index contributed by atoms with van der Waals surface area (Å²) >= 11 is 5.09. The lowest BCUT2D eigenvalue weighted by Gasteiger charge is -2.11. The minimum Gasteiger partial charge on any atom is -0.332 e. The van der Waals surface area contributed by atoms with Gasteiger partial charge in [-0.2, -0.15) is 0 Å². The Morgan fingerprint density at radius 3 is 2.43 bits per heavy atom. The number of nitrogens with zero attached hydrogens (tertiary/aromatic N) is 2. The zero-order valence-corrected chi connectivity index (χ0v) is 12.8. The Bertz CT molecular complexity index is 794. The lowest BCUT2D eigenvalue weighted by Crippen LogP contribution is -2.19. The van der Waals surface area contributed by atoms with Crippen LogP contribution in [0.1, 0.15) is 5.56 Å². The van der Waals surface area contributed by atoms with Crippen molar-refractivity contribution in [2.45, 2.75) is 6.92 Å². The SMILES string of the molecule is Cc1ccc(NC(=S)Nc2cccc([N+](=O)[O-])c2)c([N+](=O)[O-])c1. The van der Waals surface area contributed by atoms with Crippen molar-refractivity contribution in [2.75, 3.05) is 10.6 Å². The van der Waals surface area contributed by atoms with Gasteiger partial charge in [0.25, 0.3) is 11.4 Å². The molecule has 0 heterocycles. The highest BCUT2D eigenvalue weighted by Gasteiger charge is 2.15. The number of hydrogen-bond donors (Lipinski definition) is 2. The molecule has 23 heavy (non-hydrogen) atoms. The molecule has 0 saturated heterocycles. The van der Waals surface area contributed by atoms with Crippen molar-refractivity contribution in [3.05, 3.63) is 68.3 Å². The summed E-state index contributed by atoms with van der Waals surface area (Å²) in [7, 11) is 0. The Kier molecular flexibility index (Phi) is 4.82. The van der Waals surface area contributed by atoms with E-state index in [1.54, 1.807) is 25.1 Å². The molecule has 2 N–H and O–H groups in total. The Morgan fingerprint density at radius 1 is 1.04 bits per heavy atom. The minimum atomic E-state index is -0.521. The van der Waals surface area contributed by atoms with Gasteiger partial charge in [-0.3, -0.25) is 20.2 Å². The summed E-state index contributed by atoms with van der Waals surface area (Å²) in [4.78, 5) is 20.8. The molecule has 0 amide bonds. The van der Waals surface area contributed by atoms with Gasteiger partial charge in [0.05, 0.1) is 9.85 Å². The second-order valence-electron chi connectivity index (χ2n) is 4.66. The molecule has 2 rings (SSSR count). The molecule has 0 aliphatic heterocycles. The number of non-ortho nitro benzene ring substituents is 1. The van der Waals surface area contributed by atoms with Crippen molar-refractivity contribution in [2.24, 2.45) is 0 Å². The Labute approximate surface area is 136 Å². The number of thiocarbonyl (C=S) groups is 1. The predicted molar refractivity (Wildman–Crippen MR) is 90.8 cm³/mol. The molecule has 0 atom stereocenters. The van der Waals surface area contributed by atoms with E-state index in [0.29, 0.717) is 5.69 Å². The lowest BCUT2D eigenvalue weighted by molar-refractivity contribution is -0.384. The first-order chi connectivity index (χ1) is 10.9. The van der Waals surface area contributed by atoms with Crippen LogP contribution in [-0.4, -0.2) is 15.0 Å². The standard InChI is InChI=1S/C14H12N4O4S/c1-9-5-6-12(13(7-9)18(21)22)16-14(23)15-10-3-2-4-11(8-10)17(19)20/h2-8H,1H3,(H2,15,16,23). The highest BCUT2D eigenvalue weighted by atomic mass is 32.1. The van der Waals surface area contributed by atoms with E-state index in [2.05, 4.69) is 10.6 Å². The number of nitrogens with one attached hydrogen (secondary N) is 2. The molecule has 0 aliphatic rings. The fraction of sp³-hybridized carbons (Fsp3) is 0.0714. The summed E-state index contributed by atoms with van der Waals surface area (Å²) in [6, 6.07) is 10.5. The molecule has 118 valence electrons. The van der Waals surface area contributed by atoms with Gasteiger partial charge in [0, 0.05) is 23.9 Å². The lowest BCUT2D eigenvalue weighted by atomic mass is 10.2. The fourth-order valence-corrected chi connectivity index (χ4v) is 2.11. The van der Waals surface area contributed by atoms with Crippen molar-refractivity contribution in [3.8, 4) is 0 Å². The number of benzene rings is 2. The second-order valence-corrected chi connectivity index (χ2v) is 5.07. The van der Waals surface area contributed by atoms with Crippen LogP contribution < -0.4 is 10.6 Å². The molecule has 0 spiro atoms. The Balaban J connectivity index is 2.16. The Morgan fingerprint density at radius 2 is 1.78 bits per heavy atom. The maximum Gasteiger partial charge on any atom is 0.292 e. The topological polar surface area (TPSA) is 110 Å². The van der Waals surface area contributed by atoms with E-state index in [1.165, 1.54) is 24.3 Å². The van der Waals surface area contributed by atoms with Gasteiger partial charge in [-0.15, -0.1) is 0 Å². The van der Waals surface area contributed by atoms with E-state index in [9.17, 15) is 20.2 Å². The summed E-state index contributed by atoms with van der Waals surface area (Å²) < 4.78 is 0.